The predicted molar refractivity (Wildman–Crippen MR) is 352 cm³/mol. The number of unbranched alkanes of at least 4 members (excludes halogenated alkanes) is 50. The van der Waals surface area contributed by atoms with Gasteiger partial charge in [-0.25, -0.2) is 0 Å². The topological polar surface area (TPSA) is 95.9 Å². The minimum atomic E-state index is -0.842. The number of rotatable bonds is 67. The smallest absolute Gasteiger partial charge is 0.305 e. The molecule has 0 aromatic heterocycles. The van der Waals surface area contributed by atoms with E-state index >= 15 is 0 Å². The fraction of sp³-hybridized carbons (Fsp3) is 0.865. The number of allylic oxidation sites excluding steroid dienone is 7. The molecule has 1 amide bonds. The summed E-state index contributed by atoms with van der Waals surface area (Å²) in [5.41, 5.74) is 0. The van der Waals surface area contributed by atoms with Crippen molar-refractivity contribution in [1.82, 2.24) is 5.32 Å². The molecule has 0 aromatic rings. The molecule has 0 fully saturated rings. The average Bonchev–Trinajstić information content (AvgIpc) is 3.46. The van der Waals surface area contributed by atoms with Crippen LogP contribution in [0.3, 0.4) is 0 Å². The van der Waals surface area contributed by atoms with E-state index < -0.39 is 12.1 Å². The zero-order chi connectivity index (χ0) is 57.8. The summed E-state index contributed by atoms with van der Waals surface area (Å²) in [7, 11) is 0. The zero-order valence-electron chi connectivity index (χ0n) is 53.8. The van der Waals surface area contributed by atoms with Gasteiger partial charge in [0.25, 0.3) is 0 Å². The third-order valence-corrected chi connectivity index (χ3v) is 16.6. The second kappa shape index (κ2) is 69.3. The molecule has 0 aliphatic rings. The number of carbonyl (C=O) groups is 2. The van der Waals surface area contributed by atoms with Gasteiger partial charge in [-0.15, -0.1) is 0 Å². The first-order valence-electron chi connectivity index (χ1n) is 35.9. The maximum atomic E-state index is 12.5. The van der Waals surface area contributed by atoms with Crippen LogP contribution in [-0.4, -0.2) is 47.4 Å². The van der Waals surface area contributed by atoms with Gasteiger partial charge in [0.2, 0.25) is 5.91 Å². The number of ether oxygens (including phenoxy) is 1. The quantitative estimate of drug-likeness (QED) is 0.0320. The number of nitrogens with one attached hydrogen (secondary N) is 1. The minimum Gasteiger partial charge on any atom is -0.466 e. The molecule has 0 radical (unpaired) electrons. The maximum absolute atomic E-state index is 12.5. The first-order chi connectivity index (χ1) is 39.5. The van der Waals surface area contributed by atoms with Gasteiger partial charge in [-0.1, -0.05) is 332 Å². The molecule has 0 aliphatic heterocycles. The van der Waals surface area contributed by atoms with E-state index in [9.17, 15) is 19.8 Å². The molecule has 0 aromatic carbocycles. The number of hydrogen-bond acceptors (Lipinski definition) is 5. The Morgan fingerprint density at radius 3 is 0.988 bits per heavy atom. The molecular weight excluding hydrogens is 983 g/mol. The van der Waals surface area contributed by atoms with E-state index in [0.29, 0.717) is 19.4 Å². The van der Waals surface area contributed by atoms with Crippen LogP contribution in [0.1, 0.15) is 386 Å². The summed E-state index contributed by atoms with van der Waals surface area (Å²) >= 11 is 0. The fourth-order valence-corrected chi connectivity index (χ4v) is 11.1. The molecule has 0 aliphatic carbocycles. The van der Waals surface area contributed by atoms with Gasteiger partial charge >= 0.3 is 5.97 Å². The Bertz CT molecular complexity index is 1340. The molecule has 3 N–H and O–H groups in total. The lowest BCUT2D eigenvalue weighted by atomic mass is 10.0. The monoisotopic (exact) mass is 1120 g/mol. The summed E-state index contributed by atoms with van der Waals surface area (Å²) in [5.74, 6) is -0.0507. The van der Waals surface area contributed by atoms with E-state index in [2.05, 4.69) is 55.6 Å². The molecule has 0 rings (SSSR count). The molecule has 0 spiro atoms. The second-order valence-corrected chi connectivity index (χ2v) is 24.6. The lowest BCUT2D eigenvalue weighted by molar-refractivity contribution is -0.143. The van der Waals surface area contributed by atoms with Crippen LogP contribution in [0, 0.1) is 0 Å². The molecular formula is C74H139NO5. The highest BCUT2D eigenvalue weighted by molar-refractivity contribution is 5.76. The Morgan fingerprint density at radius 1 is 0.350 bits per heavy atom. The van der Waals surface area contributed by atoms with E-state index in [0.717, 1.165) is 51.4 Å². The number of aliphatic hydroxyl groups is 2. The standard InChI is InChI=1S/C74H139NO5/c1-3-5-7-9-11-13-15-17-18-19-34-38-41-44-48-52-56-60-64-68-74(79)80-69-65-61-57-53-49-45-42-39-36-33-31-29-27-25-23-21-20-22-24-26-28-30-32-35-37-40-43-47-51-55-59-63-67-73(78)75-71(70-76)72(77)66-62-58-54-50-46-16-14-12-10-8-6-4-2/h11,13,17-18,23,25,62,66,71-72,76-77H,3-10,12,14-16,19-22,24,26-61,63-65,67-70H2,1-2H3,(H,75,78)/b13-11-,18-17-,25-23-,66-62+. The number of hydrogen-bond donors (Lipinski definition) is 3. The summed E-state index contributed by atoms with van der Waals surface area (Å²) in [5, 5.41) is 23.1. The molecule has 6 nitrogen and oxygen atoms in total. The summed E-state index contributed by atoms with van der Waals surface area (Å²) in [6.45, 7) is 4.89. The highest BCUT2D eigenvalue weighted by atomic mass is 16.5. The highest BCUT2D eigenvalue weighted by Gasteiger charge is 2.18. The van der Waals surface area contributed by atoms with Crippen LogP contribution in [0.25, 0.3) is 0 Å². The largest absolute Gasteiger partial charge is 0.466 e. The van der Waals surface area contributed by atoms with Crippen molar-refractivity contribution >= 4 is 11.9 Å². The van der Waals surface area contributed by atoms with Gasteiger partial charge in [0.15, 0.2) is 0 Å². The molecule has 2 atom stereocenters. The lowest BCUT2D eigenvalue weighted by Crippen LogP contribution is -2.45. The third-order valence-electron chi connectivity index (χ3n) is 16.6. The Morgan fingerprint density at radius 2 is 0.625 bits per heavy atom. The summed E-state index contributed by atoms with van der Waals surface area (Å²) in [6, 6.07) is -0.625. The number of esters is 1. The predicted octanol–water partition coefficient (Wildman–Crippen LogP) is 23.3. The number of amides is 1. The van der Waals surface area contributed by atoms with E-state index in [1.807, 2.05) is 6.08 Å². The first kappa shape index (κ1) is 77.8. The van der Waals surface area contributed by atoms with Crippen LogP contribution < -0.4 is 5.32 Å². The molecule has 80 heavy (non-hydrogen) atoms. The molecule has 0 saturated carbocycles. The van der Waals surface area contributed by atoms with Crippen LogP contribution in [0.4, 0.5) is 0 Å². The van der Waals surface area contributed by atoms with Crippen molar-refractivity contribution in [1.29, 1.82) is 0 Å². The molecule has 0 bridgehead atoms. The van der Waals surface area contributed by atoms with Crippen LogP contribution in [0.5, 0.6) is 0 Å². The van der Waals surface area contributed by atoms with Gasteiger partial charge in [0.05, 0.1) is 25.4 Å². The summed E-state index contributed by atoms with van der Waals surface area (Å²) in [6.07, 6.45) is 90.6. The van der Waals surface area contributed by atoms with Crippen molar-refractivity contribution in [3.63, 3.8) is 0 Å². The highest BCUT2D eigenvalue weighted by Crippen LogP contribution is 2.18. The minimum absolute atomic E-state index is 0.0143. The van der Waals surface area contributed by atoms with Crippen molar-refractivity contribution in [2.24, 2.45) is 0 Å². The third kappa shape index (κ3) is 65.0. The summed E-state index contributed by atoms with van der Waals surface area (Å²) in [4.78, 5) is 24.6. The van der Waals surface area contributed by atoms with E-state index in [1.165, 1.54) is 308 Å². The Hall–Kier alpha value is -2.18. The average molecular weight is 1120 g/mol. The van der Waals surface area contributed by atoms with E-state index in [-0.39, 0.29) is 18.5 Å². The Kier molecular flexibility index (Phi) is 67.4. The van der Waals surface area contributed by atoms with Gasteiger partial charge in [0, 0.05) is 12.8 Å². The molecule has 470 valence electrons. The summed E-state index contributed by atoms with van der Waals surface area (Å²) < 4.78 is 5.51. The SMILES string of the molecule is CCCCC/C=C\C/C=C\CCCCCCCCCCCC(=O)OCCCCCCCCCCCCCC/C=C\CCCCCCCCCCCCCCCCCCC(=O)NC(CO)C(O)/C=C/CCCCCCCCCCCC. The van der Waals surface area contributed by atoms with Crippen molar-refractivity contribution in [3.05, 3.63) is 48.6 Å². The Balaban J connectivity index is 3.35. The van der Waals surface area contributed by atoms with Crippen LogP contribution >= 0.6 is 0 Å². The lowest BCUT2D eigenvalue weighted by Gasteiger charge is -2.20. The number of carbonyl (C=O) groups excluding carboxylic acids is 2. The zero-order valence-corrected chi connectivity index (χ0v) is 53.8. The van der Waals surface area contributed by atoms with Gasteiger partial charge in [0.1, 0.15) is 0 Å². The Labute approximate surface area is 499 Å². The van der Waals surface area contributed by atoms with Crippen molar-refractivity contribution in [2.75, 3.05) is 13.2 Å². The van der Waals surface area contributed by atoms with Crippen molar-refractivity contribution in [3.8, 4) is 0 Å². The normalized spacial score (nSPS) is 12.8. The first-order valence-corrected chi connectivity index (χ1v) is 35.9. The molecule has 0 heterocycles. The second-order valence-electron chi connectivity index (χ2n) is 24.6. The van der Waals surface area contributed by atoms with Gasteiger partial charge < -0.3 is 20.3 Å². The van der Waals surface area contributed by atoms with Crippen molar-refractivity contribution < 1.29 is 24.5 Å². The number of aliphatic hydroxyl groups excluding tert-OH is 2. The maximum Gasteiger partial charge on any atom is 0.305 e. The van der Waals surface area contributed by atoms with E-state index in [4.69, 9.17) is 4.74 Å². The van der Waals surface area contributed by atoms with Crippen LogP contribution in [-0.2, 0) is 14.3 Å². The molecule has 0 saturated heterocycles. The van der Waals surface area contributed by atoms with Crippen LogP contribution in [0.2, 0.25) is 0 Å². The molecule has 2 unspecified atom stereocenters. The molecule has 6 heteroatoms. The van der Waals surface area contributed by atoms with Crippen molar-refractivity contribution in [2.45, 2.75) is 398 Å². The van der Waals surface area contributed by atoms with E-state index in [1.54, 1.807) is 6.08 Å². The van der Waals surface area contributed by atoms with Gasteiger partial charge in [-0.2, -0.15) is 0 Å². The van der Waals surface area contributed by atoms with Crippen LogP contribution in [0.15, 0.2) is 48.6 Å². The van der Waals surface area contributed by atoms with Gasteiger partial charge in [-0.05, 0) is 89.9 Å². The van der Waals surface area contributed by atoms with Gasteiger partial charge in [-0.3, -0.25) is 9.59 Å². The fourth-order valence-electron chi connectivity index (χ4n) is 11.1.